The van der Waals surface area contributed by atoms with Crippen LogP contribution in [0, 0.1) is 0 Å². The second kappa shape index (κ2) is 10.1. The Morgan fingerprint density at radius 3 is 2.60 bits per heavy atom. The first-order valence-electron chi connectivity index (χ1n) is 11.4. The van der Waals surface area contributed by atoms with Gasteiger partial charge < -0.3 is 19.9 Å². The van der Waals surface area contributed by atoms with Crippen LogP contribution in [0.1, 0.15) is 36.0 Å². The Balaban J connectivity index is 1.18. The minimum Gasteiger partial charge on any atom is -0.493 e. The van der Waals surface area contributed by atoms with Crippen LogP contribution in [0.5, 0.6) is 5.75 Å². The molecule has 5 heteroatoms. The molecule has 2 aliphatic heterocycles. The molecule has 3 N–H and O–H groups in total. The number of rotatable bonds is 8. The summed E-state index contributed by atoms with van der Waals surface area (Å²) in [6.07, 6.45) is 2.07. The molecule has 2 heterocycles. The van der Waals surface area contributed by atoms with Crippen LogP contribution in [-0.4, -0.2) is 51.8 Å². The third-order valence-corrected chi connectivity index (χ3v) is 6.59. The molecule has 1 saturated heterocycles. The number of ether oxygens (including phenoxy) is 1. The van der Waals surface area contributed by atoms with Gasteiger partial charge in [0.15, 0.2) is 6.54 Å². The van der Waals surface area contributed by atoms with Gasteiger partial charge in [-0.25, -0.2) is 0 Å². The number of benzene rings is 2. The summed E-state index contributed by atoms with van der Waals surface area (Å²) < 4.78 is 5.61. The Kier molecular flexibility index (Phi) is 7.03. The van der Waals surface area contributed by atoms with E-state index >= 15 is 0 Å². The summed E-state index contributed by atoms with van der Waals surface area (Å²) in [7, 11) is 0. The zero-order valence-corrected chi connectivity index (χ0v) is 18.1. The number of hydrogen-bond donors (Lipinski definition) is 3. The van der Waals surface area contributed by atoms with Gasteiger partial charge in [0.25, 0.3) is 5.91 Å². The quantitative estimate of drug-likeness (QED) is 0.584. The van der Waals surface area contributed by atoms with Gasteiger partial charge >= 0.3 is 0 Å². The number of carbonyl (C=O) groups is 1. The Morgan fingerprint density at radius 2 is 1.83 bits per heavy atom. The van der Waals surface area contributed by atoms with Gasteiger partial charge in [-0.1, -0.05) is 37.3 Å². The van der Waals surface area contributed by atoms with Crippen LogP contribution in [-0.2, 0) is 17.8 Å². The van der Waals surface area contributed by atoms with Crippen LogP contribution in [0.15, 0.2) is 48.5 Å². The predicted octanol–water partition coefficient (Wildman–Crippen LogP) is 0.215. The number of piperazine rings is 1. The summed E-state index contributed by atoms with van der Waals surface area (Å²) in [6.45, 7) is 9.77. The molecule has 0 bridgehead atoms. The van der Waals surface area contributed by atoms with Gasteiger partial charge in [0, 0.05) is 24.4 Å². The number of quaternary nitrogens is 2. The lowest BCUT2D eigenvalue weighted by atomic mass is 9.96. The van der Waals surface area contributed by atoms with E-state index in [0.717, 1.165) is 64.5 Å². The van der Waals surface area contributed by atoms with Crippen molar-refractivity contribution in [3.63, 3.8) is 0 Å². The van der Waals surface area contributed by atoms with Crippen molar-refractivity contribution in [1.29, 1.82) is 0 Å². The first-order chi connectivity index (χ1) is 14.7. The standard InChI is InChI=1S/C25H33N3O2/c1-2-21(22-6-4-3-5-7-22)17-26-25(29)19-28-13-11-27(12-14-28)18-20-8-9-24-23(16-20)10-15-30-24/h3-9,16,21H,2,10-15,17-19H2,1H3,(H,26,29)/p+2/t21-/m0/s1. The van der Waals surface area contributed by atoms with E-state index in [1.807, 2.05) is 6.07 Å². The molecule has 1 fully saturated rings. The third-order valence-electron chi connectivity index (χ3n) is 6.59. The summed E-state index contributed by atoms with van der Waals surface area (Å²) >= 11 is 0. The molecule has 0 spiro atoms. The smallest absolute Gasteiger partial charge is 0.275 e. The van der Waals surface area contributed by atoms with Crippen LogP contribution in [0.4, 0.5) is 0 Å². The molecule has 1 amide bonds. The molecule has 0 radical (unpaired) electrons. The van der Waals surface area contributed by atoms with Crippen molar-refractivity contribution < 1.29 is 19.3 Å². The van der Waals surface area contributed by atoms with Crippen molar-refractivity contribution in [1.82, 2.24) is 5.32 Å². The van der Waals surface area contributed by atoms with E-state index in [9.17, 15) is 4.79 Å². The van der Waals surface area contributed by atoms with Crippen molar-refractivity contribution in [2.75, 3.05) is 45.9 Å². The molecular formula is C25H35N3O2+2. The fourth-order valence-electron chi connectivity index (χ4n) is 4.70. The Labute approximate surface area is 180 Å². The van der Waals surface area contributed by atoms with Gasteiger partial charge in [0.2, 0.25) is 0 Å². The third kappa shape index (κ3) is 5.41. The molecule has 0 saturated carbocycles. The normalized spacial score (nSPS) is 21.5. The SMILES string of the molecule is CC[C@@H](CNC(=O)C[NH+]1CC[NH+](Cc2ccc3c(c2)CCO3)CC1)c1ccccc1. The highest BCUT2D eigenvalue weighted by atomic mass is 16.5. The Hall–Kier alpha value is -2.37. The fourth-order valence-corrected chi connectivity index (χ4v) is 4.70. The monoisotopic (exact) mass is 409 g/mol. The molecule has 2 aromatic rings. The van der Waals surface area contributed by atoms with Crippen molar-refractivity contribution in [2.45, 2.75) is 32.2 Å². The molecule has 0 aliphatic carbocycles. The lowest BCUT2D eigenvalue weighted by Crippen LogP contribution is -3.28. The largest absolute Gasteiger partial charge is 0.493 e. The average Bonchev–Trinajstić information content (AvgIpc) is 3.24. The van der Waals surface area contributed by atoms with E-state index in [1.165, 1.54) is 21.6 Å². The molecule has 1 atom stereocenters. The van der Waals surface area contributed by atoms with Gasteiger partial charge in [-0.05, 0) is 35.7 Å². The maximum Gasteiger partial charge on any atom is 0.275 e. The van der Waals surface area contributed by atoms with Crippen LogP contribution >= 0.6 is 0 Å². The summed E-state index contributed by atoms with van der Waals surface area (Å²) in [5, 5.41) is 3.18. The maximum absolute atomic E-state index is 12.5. The summed E-state index contributed by atoms with van der Waals surface area (Å²) in [5.74, 6) is 1.64. The zero-order chi connectivity index (χ0) is 20.8. The Bertz CT molecular complexity index is 832. The topological polar surface area (TPSA) is 47.2 Å². The lowest BCUT2D eigenvalue weighted by molar-refractivity contribution is -1.02. The second-order valence-corrected chi connectivity index (χ2v) is 8.71. The molecular weight excluding hydrogens is 374 g/mol. The number of hydrogen-bond acceptors (Lipinski definition) is 2. The summed E-state index contributed by atoms with van der Waals surface area (Å²) in [4.78, 5) is 15.5. The zero-order valence-electron chi connectivity index (χ0n) is 18.1. The predicted molar refractivity (Wildman–Crippen MR) is 118 cm³/mol. The van der Waals surface area contributed by atoms with Crippen LogP contribution in [0.3, 0.4) is 0 Å². The first kappa shape index (κ1) is 20.9. The second-order valence-electron chi connectivity index (χ2n) is 8.71. The highest BCUT2D eigenvalue weighted by Gasteiger charge is 2.25. The minimum atomic E-state index is 0.182. The molecule has 5 nitrogen and oxygen atoms in total. The molecule has 30 heavy (non-hydrogen) atoms. The van der Waals surface area contributed by atoms with E-state index in [0.29, 0.717) is 12.5 Å². The lowest BCUT2D eigenvalue weighted by Gasteiger charge is -2.29. The Morgan fingerprint density at radius 1 is 1.07 bits per heavy atom. The van der Waals surface area contributed by atoms with Gasteiger partial charge in [-0.15, -0.1) is 0 Å². The average molecular weight is 410 g/mol. The molecule has 0 aromatic heterocycles. The molecule has 160 valence electrons. The maximum atomic E-state index is 12.5. The van der Waals surface area contributed by atoms with Gasteiger partial charge in [-0.2, -0.15) is 0 Å². The van der Waals surface area contributed by atoms with E-state index in [1.54, 1.807) is 4.90 Å². The number of fused-ring (bicyclic) bond motifs is 1. The molecule has 4 rings (SSSR count). The van der Waals surface area contributed by atoms with E-state index < -0.39 is 0 Å². The van der Waals surface area contributed by atoms with Crippen LogP contribution in [0.2, 0.25) is 0 Å². The van der Waals surface area contributed by atoms with E-state index in [4.69, 9.17) is 4.74 Å². The van der Waals surface area contributed by atoms with Gasteiger partial charge in [-0.3, -0.25) is 4.79 Å². The van der Waals surface area contributed by atoms with Crippen LogP contribution in [0.25, 0.3) is 0 Å². The highest BCUT2D eigenvalue weighted by molar-refractivity contribution is 5.76. The summed E-state index contributed by atoms with van der Waals surface area (Å²) in [5.41, 5.74) is 4.07. The number of amides is 1. The van der Waals surface area contributed by atoms with Crippen molar-refractivity contribution >= 4 is 5.91 Å². The minimum absolute atomic E-state index is 0.182. The first-order valence-corrected chi connectivity index (χ1v) is 11.4. The van der Waals surface area contributed by atoms with E-state index in [-0.39, 0.29) is 5.91 Å². The van der Waals surface area contributed by atoms with E-state index in [2.05, 4.69) is 54.7 Å². The number of carbonyl (C=O) groups excluding carboxylic acids is 1. The van der Waals surface area contributed by atoms with Crippen molar-refractivity contribution in [3.8, 4) is 5.75 Å². The molecule has 0 unspecified atom stereocenters. The number of nitrogens with one attached hydrogen (secondary N) is 3. The van der Waals surface area contributed by atoms with Gasteiger partial charge in [0.1, 0.15) is 38.5 Å². The highest BCUT2D eigenvalue weighted by Crippen LogP contribution is 2.25. The van der Waals surface area contributed by atoms with Gasteiger partial charge in [0.05, 0.1) is 6.61 Å². The molecule has 2 aromatic carbocycles. The fraction of sp³-hybridized carbons (Fsp3) is 0.480. The van der Waals surface area contributed by atoms with Crippen molar-refractivity contribution in [2.24, 2.45) is 0 Å². The van der Waals surface area contributed by atoms with Crippen molar-refractivity contribution in [3.05, 3.63) is 65.2 Å². The van der Waals surface area contributed by atoms with Crippen LogP contribution < -0.4 is 19.9 Å². The molecule has 2 aliphatic rings. The summed E-state index contributed by atoms with van der Waals surface area (Å²) in [6, 6.07) is 17.1.